The third kappa shape index (κ3) is 2.86. The molecule has 0 aliphatic rings. The molecule has 1 heterocycles. The molecule has 1 N–H and O–H groups in total. The first-order chi connectivity index (χ1) is 10.3. The number of fused-ring (bicyclic) bond motifs is 1. The van der Waals surface area contributed by atoms with Crippen LogP contribution in [0.3, 0.4) is 0 Å². The highest BCUT2D eigenvalue weighted by Crippen LogP contribution is 2.22. The lowest BCUT2D eigenvalue weighted by Crippen LogP contribution is -2.04. The van der Waals surface area contributed by atoms with Gasteiger partial charge in [0.05, 0.1) is 6.61 Å². The predicted octanol–water partition coefficient (Wildman–Crippen LogP) is 3.75. The second kappa shape index (κ2) is 5.66. The summed E-state index contributed by atoms with van der Waals surface area (Å²) in [7, 11) is 0. The van der Waals surface area contributed by atoms with E-state index in [1.54, 1.807) is 6.92 Å². The largest absolute Gasteiger partial charge is 0.461 e. The number of carbonyl (C=O) groups excluding carboxylic acids is 1. The van der Waals surface area contributed by atoms with Gasteiger partial charge in [0.1, 0.15) is 6.26 Å². The lowest BCUT2D eigenvalue weighted by molar-refractivity contribution is 0.0519. The molecule has 5 heteroatoms. The summed E-state index contributed by atoms with van der Waals surface area (Å²) in [5.74, 6) is -0.493. The average Bonchev–Trinajstić information content (AvgIpc) is 2.96. The van der Waals surface area contributed by atoms with Gasteiger partial charge in [0.2, 0.25) is 0 Å². The van der Waals surface area contributed by atoms with Crippen molar-refractivity contribution < 1.29 is 13.9 Å². The highest BCUT2D eigenvalue weighted by atomic mass is 16.5. The lowest BCUT2D eigenvalue weighted by Gasteiger charge is -2.03. The zero-order chi connectivity index (χ0) is 14.7. The molecule has 0 fully saturated rings. The molecular weight excluding hydrogens is 268 g/mol. The van der Waals surface area contributed by atoms with Crippen molar-refractivity contribution in [1.82, 2.24) is 4.98 Å². The maximum absolute atomic E-state index is 11.5. The van der Waals surface area contributed by atoms with Gasteiger partial charge in [-0.05, 0) is 29.8 Å². The SMILES string of the molecule is CCOC(=O)c1coc(Nc2ccc3ccccc3c2)n1. The second-order valence-corrected chi connectivity index (χ2v) is 4.45. The molecule has 106 valence electrons. The Morgan fingerprint density at radius 2 is 2.05 bits per heavy atom. The topological polar surface area (TPSA) is 64.4 Å². The van der Waals surface area contributed by atoms with Crippen LogP contribution < -0.4 is 5.32 Å². The number of nitrogens with one attached hydrogen (secondary N) is 1. The fraction of sp³-hybridized carbons (Fsp3) is 0.125. The van der Waals surface area contributed by atoms with Crippen molar-refractivity contribution in [3.63, 3.8) is 0 Å². The van der Waals surface area contributed by atoms with Gasteiger partial charge >= 0.3 is 5.97 Å². The summed E-state index contributed by atoms with van der Waals surface area (Å²) < 4.78 is 10.1. The molecule has 3 rings (SSSR count). The van der Waals surface area contributed by atoms with Gasteiger partial charge in [-0.1, -0.05) is 30.3 Å². The summed E-state index contributed by atoms with van der Waals surface area (Å²) >= 11 is 0. The Bertz CT molecular complexity index is 780. The maximum atomic E-state index is 11.5. The van der Waals surface area contributed by atoms with E-state index < -0.39 is 5.97 Å². The van der Waals surface area contributed by atoms with E-state index in [9.17, 15) is 4.79 Å². The van der Waals surface area contributed by atoms with Gasteiger partial charge in [-0.25, -0.2) is 4.79 Å². The molecule has 0 atom stereocenters. The Balaban J connectivity index is 1.80. The summed E-state index contributed by atoms with van der Waals surface area (Å²) in [6, 6.07) is 14.2. The first-order valence-corrected chi connectivity index (χ1v) is 6.65. The van der Waals surface area contributed by atoms with Crippen molar-refractivity contribution in [3.05, 3.63) is 54.4 Å². The van der Waals surface area contributed by atoms with Gasteiger partial charge in [0.25, 0.3) is 6.01 Å². The van der Waals surface area contributed by atoms with E-state index in [0.29, 0.717) is 6.61 Å². The smallest absolute Gasteiger partial charge is 0.360 e. The molecule has 5 nitrogen and oxygen atoms in total. The molecule has 0 unspecified atom stereocenters. The Kier molecular flexibility index (Phi) is 3.55. The molecule has 0 aliphatic carbocycles. The number of rotatable bonds is 4. The van der Waals surface area contributed by atoms with E-state index in [0.717, 1.165) is 16.5 Å². The van der Waals surface area contributed by atoms with Crippen LogP contribution in [-0.4, -0.2) is 17.6 Å². The van der Waals surface area contributed by atoms with Crippen LogP contribution in [-0.2, 0) is 4.74 Å². The summed E-state index contributed by atoms with van der Waals surface area (Å²) in [6.07, 6.45) is 1.28. The van der Waals surface area contributed by atoms with Crippen LogP contribution in [0.25, 0.3) is 10.8 Å². The normalized spacial score (nSPS) is 10.5. The number of esters is 1. The van der Waals surface area contributed by atoms with Crippen LogP contribution in [0.1, 0.15) is 17.4 Å². The van der Waals surface area contributed by atoms with Crippen molar-refractivity contribution >= 4 is 28.4 Å². The van der Waals surface area contributed by atoms with Crippen molar-refractivity contribution in [1.29, 1.82) is 0 Å². The van der Waals surface area contributed by atoms with E-state index in [1.807, 2.05) is 42.5 Å². The standard InChI is InChI=1S/C16H14N2O3/c1-2-20-15(19)14-10-21-16(18-14)17-13-8-7-11-5-3-4-6-12(11)9-13/h3-10H,2H2,1H3,(H,17,18). The van der Waals surface area contributed by atoms with Crippen LogP contribution in [0.15, 0.2) is 53.1 Å². The van der Waals surface area contributed by atoms with Gasteiger partial charge in [-0.15, -0.1) is 0 Å². The Morgan fingerprint density at radius 3 is 2.86 bits per heavy atom. The molecule has 21 heavy (non-hydrogen) atoms. The van der Waals surface area contributed by atoms with Gasteiger partial charge < -0.3 is 14.5 Å². The molecule has 1 aromatic heterocycles. The van der Waals surface area contributed by atoms with Gasteiger partial charge in [0.15, 0.2) is 5.69 Å². The van der Waals surface area contributed by atoms with Crippen LogP contribution >= 0.6 is 0 Å². The third-order valence-electron chi connectivity index (χ3n) is 2.99. The maximum Gasteiger partial charge on any atom is 0.360 e. The first kappa shape index (κ1) is 13.2. The summed E-state index contributed by atoms with van der Waals surface area (Å²) in [5, 5.41) is 5.29. The number of hydrogen-bond acceptors (Lipinski definition) is 5. The monoisotopic (exact) mass is 282 g/mol. The average molecular weight is 282 g/mol. The molecular formula is C16H14N2O3. The number of anilines is 2. The quantitative estimate of drug-likeness (QED) is 0.738. The van der Waals surface area contributed by atoms with Crippen molar-refractivity contribution in [2.45, 2.75) is 6.92 Å². The number of nitrogens with zero attached hydrogens (tertiary/aromatic N) is 1. The summed E-state index contributed by atoms with van der Waals surface area (Å²) in [6.45, 7) is 2.05. The van der Waals surface area contributed by atoms with E-state index in [1.165, 1.54) is 6.26 Å². The van der Waals surface area contributed by atoms with E-state index >= 15 is 0 Å². The Labute approximate surface area is 121 Å². The zero-order valence-corrected chi connectivity index (χ0v) is 11.5. The molecule has 0 amide bonds. The minimum Gasteiger partial charge on any atom is -0.461 e. The Hall–Kier alpha value is -2.82. The fourth-order valence-electron chi connectivity index (χ4n) is 2.02. The highest BCUT2D eigenvalue weighted by molar-refractivity contribution is 5.88. The molecule has 0 saturated heterocycles. The predicted molar refractivity (Wildman–Crippen MR) is 79.7 cm³/mol. The van der Waals surface area contributed by atoms with E-state index in [-0.39, 0.29) is 11.7 Å². The van der Waals surface area contributed by atoms with E-state index in [2.05, 4.69) is 10.3 Å². The minimum atomic E-state index is -0.493. The van der Waals surface area contributed by atoms with E-state index in [4.69, 9.17) is 9.15 Å². The minimum absolute atomic E-state index is 0.153. The molecule has 0 saturated carbocycles. The van der Waals surface area contributed by atoms with Crippen molar-refractivity contribution in [2.75, 3.05) is 11.9 Å². The van der Waals surface area contributed by atoms with Crippen molar-refractivity contribution in [2.24, 2.45) is 0 Å². The molecule has 0 bridgehead atoms. The van der Waals surface area contributed by atoms with Crippen LogP contribution in [0.5, 0.6) is 0 Å². The third-order valence-corrected chi connectivity index (χ3v) is 2.99. The van der Waals surface area contributed by atoms with Crippen LogP contribution in [0, 0.1) is 0 Å². The number of benzene rings is 2. The van der Waals surface area contributed by atoms with Crippen molar-refractivity contribution in [3.8, 4) is 0 Å². The lowest BCUT2D eigenvalue weighted by atomic mass is 10.1. The fourth-order valence-corrected chi connectivity index (χ4v) is 2.02. The number of hydrogen-bond donors (Lipinski definition) is 1. The molecule has 0 radical (unpaired) electrons. The Morgan fingerprint density at radius 1 is 1.24 bits per heavy atom. The molecule has 0 aliphatic heterocycles. The number of oxazole rings is 1. The first-order valence-electron chi connectivity index (χ1n) is 6.65. The molecule has 3 aromatic rings. The van der Waals surface area contributed by atoms with Gasteiger partial charge in [-0.3, -0.25) is 0 Å². The summed E-state index contributed by atoms with van der Waals surface area (Å²) in [5.41, 5.74) is 0.992. The zero-order valence-electron chi connectivity index (χ0n) is 11.5. The molecule has 0 spiro atoms. The summed E-state index contributed by atoms with van der Waals surface area (Å²) in [4.78, 5) is 15.6. The van der Waals surface area contributed by atoms with Gasteiger partial charge in [0, 0.05) is 5.69 Å². The van der Waals surface area contributed by atoms with Crippen LogP contribution in [0.2, 0.25) is 0 Å². The number of ether oxygens (including phenoxy) is 1. The molecule has 2 aromatic carbocycles. The number of aromatic nitrogens is 1. The van der Waals surface area contributed by atoms with Gasteiger partial charge in [-0.2, -0.15) is 4.98 Å². The highest BCUT2D eigenvalue weighted by Gasteiger charge is 2.13. The van der Waals surface area contributed by atoms with Crippen LogP contribution in [0.4, 0.5) is 11.7 Å². The second-order valence-electron chi connectivity index (χ2n) is 4.45. The number of carbonyl (C=O) groups is 1.